The standard InChI is InChI=1S/C19H22ClN3O2/c20-16-3-5-17(6-4-16)22-19(24)23-11-7-15(8-12-23)9-13-25-18-2-1-10-21-14-18/h1-6,10,14-15H,7-9,11-13H2,(H,22,24). The molecule has 0 aliphatic carbocycles. The summed E-state index contributed by atoms with van der Waals surface area (Å²) in [7, 11) is 0. The Hall–Kier alpha value is -2.27. The van der Waals surface area contributed by atoms with Gasteiger partial charge in [0.05, 0.1) is 12.8 Å². The van der Waals surface area contributed by atoms with E-state index in [0.717, 1.165) is 43.8 Å². The summed E-state index contributed by atoms with van der Waals surface area (Å²) < 4.78 is 5.71. The molecule has 2 aromatic rings. The van der Waals surface area contributed by atoms with Gasteiger partial charge in [0.25, 0.3) is 0 Å². The topological polar surface area (TPSA) is 54.5 Å². The molecule has 0 saturated carbocycles. The summed E-state index contributed by atoms with van der Waals surface area (Å²) in [6, 6.07) is 10.9. The molecule has 132 valence electrons. The molecule has 2 heterocycles. The summed E-state index contributed by atoms with van der Waals surface area (Å²) >= 11 is 5.86. The number of nitrogens with one attached hydrogen (secondary N) is 1. The maximum absolute atomic E-state index is 12.3. The number of carbonyl (C=O) groups is 1. The number of hydrogen-bond donors (Lipinski definition) is 1. The van der Waals surface area contributed by atoms with E-state index in [1.165, 1.54) is 0 Å². The van der Waals surface area contributed by atoms with Crippen molar-refractivity contribution in [3.8, 4) is 5.75 Å². The monoisotopic (exact) mass is 359 g/mol. The Bertz CT molecular complexity index is 671. The van der Waals surface area contributed by atoms with Crippen LogP contribution in [0, 0.1) is 5.92 Å². The van der Waals surface area contributed by atoms with Crippen LogP contribution in [0.3, 0.4) is 0 Å². The van der Waals surface area contributed by atoms with E-state index in [1.54, 1.807) is 24.5 Å². The molecule has 0 bridgehead atoms. The molecule has 1 aromatic heterocycles. The third kappa shape index (κ3) is 5.36. The Labute approximate surface area is 153 Å². The number of nitrogens with zero attached hydrogens (tertiary/aromatic N) is 2. The van der Waals surface area contributed by atoms with Crippen molar-refractivity contribution in [2.45, 2.75) is 19.3 Å². The average molecular weight is 360 g/mol. The van der Waals surface area contributed by atoms with Crippen molar-refractivity contribution >= 4 is 23.3 Å². The molecule has 0 atom stereocenters. The first-order valence-electron chi connectivity index (χ1n) is 8.55. The maximum Gasteiger partial charge on any atom is 0.321 e. The number of carbonyl (C=O) groups excluding carboxylic acids is 1. The molecule has 1 aliphatic heterocycles. The van der Waals surface area contributed by atoms with E-state index in [-0.39, 0.29) is 6.03 Å². The zero-order chi connectivity index (χ0) is 17.5. The average Bonchev–Trinajstić information content (AvgIpc) is 2.65. The lowest BCUT2D eigenvalue weighted by molar-refractivity contribution is 0.170. The number of anilines is 1. The van der Waals surface area contributed by atoms with Crippen molar-refractivity contribution < 1.29 is 9.53 Å². The molecule has 1 N–H and O–H groups in total. The number of pyridine rings is 1. The lowest BCUT2D eigenvalue weighted by atomic mass is 9.94. The maximum atomic E-state index is 12.3. The molecule has 0 spiro atoms. The summed E-state index contributed by atoms with van der Waals surface area (Å²) in [6.07, 6.45) is 6.47. The minimum atomic E-state index is -0.0487. The van der Waals surface area contributed by atoms with Crippen LogP contribution in [0.2, 0.25) is 5.02 Å². The molecule has 3 rings (SSSR count). The first-order valence-corrected chi connectivity index (χ1v) is 8.93. The fourth-order valence-corrected chi connectivity index (χ4v) is 3.06. The number of likely N-dealkylation sites (tertiary alicyclic amines) is 1. The van der Waals surface area contributed by atoms with Gasteiger partial charge in [-0.05, 0) is 61.6 Å². The van der Waals surface area contributed by atoms with Crippen molar-refractivity contribution in [2.75, 3.05) is 25.0 Å². The van der Waals surface area contributed by atoms with Crippen LogP contribution in [0.1, 0.15) is 19.3 Å². The van der Waals surface area contributed by atoms with Gasteiger partial charge in [0, 0.05) is 30.0 Å². The van der Waals surface area contributed by atoms with E-state index >= 15 is 0 Å². The first-order chi connectivity index (χ1) is 12.2. The molecule has 25 heavy (non-hydrogen) atoms. The molecule has 0 unspecified atom stereocenters. The zero-order valence-electron chi connectivity index (χ0n) is 14.0. The van der Waals surface area contributed by atoms with Crippen LogP contribution in [-0.2, 0) is 0 Å². The number of hydrogen-bond acceptors (Lipinski definition) is 3. The Morgan fingerprint density at radius 2 is 2.00 bits per heavy atom. The van der Waals surface area contributed by atoms with Crippen molar-refractivity contribution in [1.29, 1.82) is 0 Å². The Balaban J connectivity index is 1.37. The smallest absolute Gasteiger partial charge is 0.321 e. The number of benzene rings is 1. The first kappa shape index (κ1) is 17.5. The molecule has 1 fully saturated rings. The van der Waals surface area contributed by atoms with Gasteiger partial charge >= 0.3 is 6.03 Å². The molecule has 1 aromatic carbocycles. The number of halogens is 1. The van der Waals surface area contributed by atoms with E-state index in [9.17, 15) is 4.79 Å². The largest absolute Gasteiger partial charge is 0.492 e. The second-order valence-electron chi connectivity index (χ2n) is 6.19. The molecule has 6 heteroatoms. The fraction of sp³-hybridized carbons (Fsp3) is 0.368. The van der Waals surface area contributed by atoms with Gasteiger partial charge in [0.2, 0.25) is 0 Å². The number of rotatable bonds is 5. The Kier molecular flexibility index (Phi) is 6.12. The lowest BCUT2D eigenvalue weighted by Gasteiger charge is -2.32. The molecule has 2 amide bonds. The predicted octanol–water partition coefficient (Wildman–Crippen LogP) is 4.45. The normalized spacial score (nSPS) is 15.0. The second-order valence-corrected chi connectivity index (χ2v) is 6.63. The van der Waals surface area contributed by atoms with Crippen LogP contribution in [0.5, 0.6) is 5.75 Å². The molecular weight excluding hydrogens is 338 g/mol. The number of aromatic nitrogens is 1. The van der Waals surface area contributed by atoms with Gasteiger partial charge in [-0.15, -0.1) is 0 Å². The quantitative estimate of drug-likeness (QED) is 0.858. The number of ether oxygens (including phenoxy) is 1. The molecule has 1 aliphatic rings. The summed E-state index contributed by atoms with van der Waals surface area (Å²) in [5, 5.41) is 3.57. The lowest BCUT2D eigenvalue weighted by Crippen LogP contribution is -2.41. The number of amides is 2. The minimum Gasteiger partial charge on any atom is -0.492 e. The molecule has 5 nitrogen and oxygen atoms in total. The van der Waals surface area contributed by atoms with Gasteiger partial charge in [0.1, 0.15) is 5.75 Å². The van der Waals surface area contributed by atoms with Crippen LogP contribution in [-0.4, -0.2) is 35.6 Å². The third-order valence-electron chi connectivity index (χ3n) is 4.43. The summed E-state index contributed by atoms with van der Waals surface area (Å²) in [6.45, 7) is 2.24. The SMILES string of the molecule is O=C(Nc1ccc(Cl)cc1)N1CCC(CCOc2cccnc2)CC1. The van der Waals surface area contributed by atoms with Gasteiger partial charge in [-0.2, -0.15) is 0 Å². The predicted molar refractivity (Wildman–Crippen MR) is 99.1 cm³/mol. The Morgan fingerprint density at radius 3 is 2.68 bits per heavy atom. The summed E-state index contributed by atoms with van der Waals surface area (Å²) in [5.41, 5.74) is 0.765. The zero-order valence-corrected chi connectivity index (χ0v) is 14.8. The highest BCUT2D eigenvalue weighted by Crippen LogP contribution is 2.22. The van der Waals surface area contributed by atoms with Crippen LogP contribution in [0.4, 0.5) is 10.5 Å². The molecule has 1 saturated heterocycles. The molecule has 0 radical (unpaired) electrons. The summed E-state index contributed by atoms with van der Waals surface area (Å²) in [4.78, 5) is 18.2. The van der Waals surface area contributed by atoms with Gasteiger partial charge in [-0.1, -0.05) is 11.6 Å². The van der Waals surface area contributed by atoms with E-state index < -0.39 is 0 Å². The highest BCUT2D eigenvalue weighted by atomic mass is 35.5. The van der Waals surface area contributed by atoms with Gasteiger partial charge in [-0.3, -0.25) is 4.98 Å². The van der Waals surface area contributed by atoms with E-state index in [1.807, 2.05) is 29.2 Å². The third-order valence-corrected chi connectivity index (χ3v) is 4.68. The van der Waals surface area contributed by atoms with Crippen LogP contribution in [0.25, 0.3) is 0 Å². The van der Waals surface area contributed by atoms with Gasteiger partial charge in [0.15, 0.2) is 0 Å². The summed E-state index contributed by atoms with van der Waals surface area (Å²) in [5.74, 6) is 1.40. The van der Waals surface area contributed by atoms with E-state index in [2.05, 4.69) is 10.3 Å². The number of urea groups is 1. The minimum absolute atomic E-state index is 0.0487. The number of piperidine rings is 1. The van der Waals surface area contributed by atoms with Crippen LogP contribution < -0.4 is 10.1 Å². The van der Waals surface area contributed by atoms with E-state index in [4.69, 9.17) is 16.3 Å². The van der Waals surface area contributed by atoms with Crippen LogP contribution >= 0.6 is 11.6 Å². The Morgan fingerprint density at radius 1 is 1.24 bits per heavy atom. The van der Waals surface area contributed by atoms with E-state index in [0.29, 0.717) is 17.5 Å². The van der Waals surface area contributed by atoms with Crippen molar-refractivity contribution in [3.05, 3.63) is 53.8 Å². The molecular formula is C19H22ClN3O2. The fourth-order valence-electron chi connectivity index (χ4n) is 2.94. The van der Waals surface area contributed by atoms with Crippen LogP contribution in [0.15, 0.2) is 48.8 Å². The highest BCUT2D eigenvalue weighted by Gasteiger charge is 2.22. The van der Waals surface area contributed by atoms with Crippen molar-refractivity contribution in [2.24, 2.45) is 5.92 Å². The van der Waals surface area contributed by atoms with Crippen molar-refractivity contribution in [1.82, 2.24) is 9.88 Å². The second kappa shape index (κ2) is 8.72. The van der Waals surface area contributed by atoms with Gasteiger partial charge in [-0.25, -0.2) is 4.79 Å². The van der Waals surface area contributed by atoms with Gasteiger partial charge < -0.3 is 15.0 Å². The highest BCUT2D eigenvalue weighted by molar-refractivity contribution is 6.30. The van der Waals surface area contributed by atoms with Crippen molar-refractivity contribution in [3.63, 3.8) is 0 Å².